The van der Waals surface area contributed by atoms with Gasteiger partial charge in [0.15, 0.2) is 0 Å². The predicted molar refractivity (Wildman–Crippen MR) is 69.5 cm³/mol. The lowest BCUT2D eigenvalue weighted by atomic mass is 10.2. The van der Waals surface area contributed by atoms with Crippen molar-refractivity contribution in [3.05, 3.63) is 18.2 Å². The summed E-state index contributed by atoms with van der Waals surface area (Å²) in [5.74, 6) is 1.25. The summed E-state index contributed by atoms with van der Waals surface area (Å²) in [6.07, 6.45) is 3.97. The third-order valence-corrected chi connectivity index (χ3v) is 3.78. The van der Waals surface area contributed by atoms with Gasteiger partial charge in [-0.1, -0.05) is 0 Å². The van der Waals surface area contributed by atoms with Gasteiger partial charge in [-0.3, -0.25) is 9.69 Å². The maximum absolute atomic E-state index is 12.3. The number of fused-ring (bicyclic) bond motifs is 1. The Labute approximate surface area is 113 Å². The average molecular weight is 264 g/mol. The molecule has 3 heterocycles. The molecule has 6 nitrogen and oxygen atoms in total. The summed E-state index contributed by atoms with van der Waals surface area (Å²) in [4.78, 5) is 20.7. The molecule has 3 rings (SSSR count). The van der Waals surface area contributed by atoms with Gasteiger partial charge in [-0.2, -0.15) is 0 Å². The maximum atomic E-state index is 12.3. The largest absolute Gasteiger partial charge is 0.375 e. The number of hydrogen-bond acceptors (Lipinski definition) is 4. The van der Waals surface area contributed by atoms with E-state index in [0.717, 1.165) is 25.5 Å². The molecule has 0 unspecified atom stereocenters. The lowest BCUT2D eigenvalue weighted by molar-refractivity contribution is -0.139. The lowest BCUT2D eigenvalue weighted by Crippen LogP contribution is -2.49. The molecule has 0 aliphatic carbocycles. The third kappa shape index (κ3) is 2.79. The molecule has 0 saturated carbocycles. The number of nitrogens with zero attached hydrogens (tertiary/aromatic N) is 4. The second-order valence-electron chi connectivity index (χ2n) is 5.27. The summed E-state index contributed by atoms with van der Waals surface area (Å²) < 4.78 is 7.61. The molecule has 1 saturated heterocycles. The van der Waals surface area contributed by atoms with E-state index in [4.69, 9.17) is 4.74 Å². The van der Waals surface area contributed by atoms with Crippen LogP contribution in [0.3, 0.4) is 0 Å². The van der Waals surface area contributed by atoms with Crippen LogP contribution in [0, 0.1) is 0 Å². The van der Waals surface area contributed by atoms with Crippen LogP contribution in [-0.4, -0.2) is 64.1 Å². The first kappa shape index (κ1) is 12.6. The molecule has 2 aliphatic rings. The van der Waals surface area contributed by atoms with Crippen LogP contribution in [0.1, 0.15) is 12.7 Å². The molecular formula is C13H20N4O2. The fourth-order valence-electron chi connectivity index (χ4n) is 2.69. The second-order valence-corrected chi connectivity index (χ2v) is 5.27. The van der Waals surface area contributed by atoms with Crippen LogP contribution in [-0.2, 0) is 22.6 Å². The Morgan fingerprint density at radius 2 is 2.37 bits per heavy atom. The van der Waals surface area contributed by atoms with Gasteiger partial charge >= 0.3 is 0 Å². The van der Waals surface area contributed by atoms with Crippen LogP contribution >= 0.6 is 0 Å². The van der Waals surface area contributed by atoms with Crippen LogP contribution in [0.4, 0.5) is 0 Å². The van der Waals surface area contributed by atoms with E-state index in [1.165, 1.54) is 0 Å². The Hall–Kier alpha value is -1.40. The van der Waals surface area contributed by atoms with E-state index in [9.17, 15) is 4.79 Å². The third-order valence-electron chi connectivity index (χ3n) is 3.78. The molecule has 0 spiro atoms. The topological polar surface area (TPSA) is 50.6 Å². The normalized spacial score (nSPS) is 24.3. The number of morpholine rings is 1. The minimum absolute atomic E-state index is 0.151. The van der Waals surface area contributed by atoms with E-state index in [0.29, 0.717) is 26.2 Å². The summed E-state index contributed by atoms with van der Waals surface area (Å²) in [6.45, 7) is 7.16. The van der Waals surface area contributed by atoms with Crippen LogP contribution in [0.5, 0.6) is 0 Å². The molecule has 1 amide bonds. The number of amides is 1. The molecule has 1 aromatic rings. The lowest BCUT2D eigenvalue weighted by Gasteiger charge is -2.34. The zero-order valence-electron chi connectivity index (χ0n) is 11.3. The first-order valence-corrected chi connectivity index (χ1v) is 6.84. The SMILES string of the molecule is C[C@@H]1CN(C(=O)CN2CCn3ccnc3C2)CCO1. The first-order valence-electron chi connectivity index (χ1n) is 6.84. The summed E-state index contributed by atoms with van der Waals surface area (Å²) in [6, 6.07) is 0. The number of imidazole rings is 1. The molecule has 0 aromatic carbocycles. The Balaban J connectivity index is 1.56. The summed E-state index contributed by atoms with van der Waals surface area (Å²) in [5, 5.41) is 0. The molecule has 6 heteroatoms. The number of carbonyl (C=O) groups is 1. The molecule has 0 bridgehead atoms. The zero-order valence-corrected chi connectivity index (χ0v) is 11.3. The van der Waals surface area contributed by atoms with Gasteiger partial charge in [-0.05, 0) is 6.92 Å². The predicted octanol–water partition coefficient (Wildman–Crippen LogP) is -0.0540. The van der Waals surface area contributed by atoms with Crippen LogP contribution < -0.4 is 0 Å². The highest BCUT2D eigenvalue weighted by Gasteiger charge is 2.24. The first-order chi connectivity index (χ1) is 9.22. The Morgan fingerprint density at radius 3 is 3.21 bits per heavy atom. The molecule has 1 fully saturated rings. The average Bonchev–Trinajstić information content (AvgIpc) is 2.86. The van der Waals surface area contributed by atoms with E-state index in [-0.39, 0.29) is 12.0 Å². The van der Waals surface area contributed by atoms with Crippen molar-refractivity contribution in [3.8, 4) is 0 Å². The number of aromatic nitrogens is 2. The number of ether oxygens (including phenoxy) is 1. The van der Waals surface area contributed by atoms with Crippen LogP contribution in [0.2, 0.25) is 0 Å². The van der Waals surface area contributed by atoms with E-state index in [1.807, 2.05) is 24.2 Å². The molecule has 1 aromatic heterocycles. The van der Waals surface area contributed by atoms with Gasteiger partial charge in [0.05, 0.1) is 25.8 Å². The van der Waals surface area contributed by atoms with Gasteiger partial charge in [0, 0.05) is 38.6 Å². The van der Waals surface area contributed by atoms with Crippen molar-refractivity contribution in [1.29, 1.82) is 0 Å². The van der Waals surface area contributed by atoms with Crippen molar-refractivity contribution >= 4 is 5.91 Å². The van der Waals surface area contributed by atoms with Crippen LogP contribution in [0.15, 0.2) is 12.4 Å². The van der Waals surface area contributed by atoms with Crippen molar-refractivity contribution in [2.45, 2.75) is 26.1 Å². The van der Waals surface area contributed by atoms with Crippen molar-refractivity contribution in [2.75, 3.05) is 32.8 Å². The van der Waals surface area contributed by atoms with Gasteiger partial charge in [0.2, 0.25) is 5.91 Å². The molecule has 0 N–H and O–H groups in total. The monoisotopic (exact) mass is 264 g/mol. The molecule has 1 atom stereocenters. The Kier molecular flexibility index (Phi) is 3.52. The number of hydrogen-bond donors (Lipinski definition) is 0. The van der Waals surface area contributed by atoms with Crippen molar-refractivity contribution in [1.82, 2.24) is 19.4 Å². The quantitative estimate of drug-likeness (QED) is 0.751. The molecule has 104 valence electrons. The van der Waals surface area contributed by atoms with E-state index in [1.54, 1.807) is 0 Å². The number of rotatable bonds is 2. The van der Waals surface area contributed by atoms with E-state index >= 15 is 0 Å². The highest BCUT2D eigenvalue weighted by atomic mass is 16.5. The van der Waals surface area contributed by atoms with Gasteiger partial charge in [0.25, 0.3) is 0 Å². The molecular weight excluding hydrogens is 244 g/mol. The highest BCUT2D eigenvalue weighted by Crippen LogP contribution is 2.11. The Morgan fingerprint density at radius 1 is 1.47 bits per heavy atom. The van der Waals surface area contributed by atoms with E-state index in [2.05, 4.69) is 14.5 Å². The highest BCUT2D eigenvalue weighted by molar-refractivity contribution is 5.78. The molecule has 0 radical (unpaired) electrons. The second kappa shape index (κ2) is 5.30. The minimum atomic E-state index is 0.151. The van der Waals surface area contributed by atoms with Gasteiger partial charge in [0.1, 0.15) is 5.82 Å². The van der Waals surface area contributed by atoms with Gasteiger partial charge in [-0.15, -0.1) is 0 Å². The fourth-order valence-corrected chi connectivity index (χ4v) is 2.69. The molecule has 19 heavy (non-hydrogen) atoms. The van der Waals surface area contributed by atoms with Gasteiger partial charge < -0.3 is 14.2 Å². The number of carbonyl (C=O) groups excluding carboxylic acids is 1. The van der Waals surface area contributed by atoms with Crippen molar-refractivity contribution in [2.24, 2.45) is 0 Å². The smallest absolute Gasteiger partial charge is 0.236 e. The Bertz CT molecular complexity index is 459. The van der Waals surface area contributed by atoms with Gasteiger partial charge in [-0.25, -0.2) is 4.98 Å². The van der Waals surface area contributed by atoms with Crippen molar-refractivity contribution in [3.63, 3.8) is 0 Å². The van der Waals surface area contributed by atoms with Crippen LogP contribution in [0.25, 0.3) is 0 Å². The fraction of sp³-hybridized carbons (Fsp3) is 0.692. The standard InChI is InChI=1S/C13H20N4O2/c1-11-8-17(6-7-19-11)13(18)10-15-4-5-16-3-2-14-12(16)9-15/h2-3,11H,4-10H2,1H3/t11-/m1/s1. The molecule has 2 aliphatic heterocycles. The minimum Gasteiger partial charge on any atom is -0.375 e. The summed E-state index contributed by atoms with van der Waals surface area (Å²) in [5.41, 5.74) is 0. The van der Waals surface area contributed by atoms with Crippen molar-refractivity contribution < 1.29 is 9.53 Å². The van der Waals surface area contributed by atoms with E-state index < -0.39 is 0 Å². The maximum Gasteiger partial charge on any atom is 0.236 e. The summed E-state index contributed by atoms with van der Waals surface area (Å²) >= 11 is 0. The summed E-state index contributed by atoms with van der Waals surface area (Å²) in [7, 11) is 0. The zero-order chi connectivity index (χ0) is 13.2.